The Balaban J connectivity index is 1.38. The number of pyridine rings is 2. The number of aromatic nitrogens is 5. The van der Waals surface area contributed by atoms with Gasteiger partial charge in [0.1, 0.15) is 23.7 Å². The minimum Gasteiger partial charge on any atom is -0.491 e. The molecule has 0 aliphatic heterocycles. The van der Waals surface area contributed by atoms with Gasteiger partial charge in [-0.05, 0) is 77.9 Å². The minimum atomic E-state index is 0.616. The number of likely N-dealkylation sites (N-methyl/N-ethyl adjacent to an activating group) is 1. The van der Waals surface area contributed by atoms with Gasteiger partial charge < -0.3 is 14.6 Å². The quantitative estimate of drug-likeness (QED) is 0.300. The van der Waals surface area contributed by atoms with Crippen LogP contribution in [0, 0.1) is 0 Å². The summed E-state index contributed by atoms with van der Waals surface area (Å²) in [6, 6.07) is 14.6. The molecule has 0 fully saturated rings. The van der Waals surface area contributed by atoms with E-state index in [1.54, 1.807) is 17.5 Å². The number of thiophene rings is 1. The number of H-pyrrole nitrogens is 2. The van der Waals surface area contributed by atoms with E-state index in [1.165, 1.54) is 5.56 Å². The van der Waals surface area contributed by atoms with E-state index in [0.717, 1.165) is 62.3 Å². The highest BCUT2D eigenvalue weighted by atomic mass is 32.1. The lowest BCUT2D eigenvalue weighted by molar-refractivity contribution is 0.261. The van der Waals surface area contributed by atoms with Crippen molar-refractivity contribution in [3.05, 3.63) is 71.8 Å². The molecule has 0 aliphatic rings. The molecule has 7 nitrogen and oxygen atoms in total. The molecular weight excluding hydrogens is 456 g/mol. The van der Waals surface area contributed by atoms with E-state index >= 15 is 0 Å². The van der Waals surface area contributed by atoms with Crippen LogP contribution in [0.1, 0.15) is 0 Å². The summed E-state index contributed by atoms with van der Waals surface area (Å²) in [5.74, 6) is 0.763. The molecule has 0 spiro atoms. The average Bonchev–Trinajstić information content (AvgIpc) is 3.62. The molecule has 6 aromatic rings. The Morgan fingerprint density at radius 2 is 1.91 bits per heavy atom. The third kappa shape index (κ3) is 4.18. The number of aromatic amines is 2. The molecule has 2 N–H and O–H groups in total. The van der Waals surface area contributed by atoms with Crippen molar-refractivity contribution >= 4 is 33.3 Å². The van der Waals surface area contributed by atoms with E-state index in [1.807, 2.05) is 32.6 Å². The van der Waals surface area contributed by atoms with E-state index in [4.69, 9.17) is 4.74 Å². The first kappa shape index (κ1) is 21.5. The molecule has 5 aromatic heterocycles. The molecule has 35 heavy (non-hydrogen) atoms. The highest BCUT2D eigenvalue weighted by Crippen LogP contribution is 2.35. The SMILES string of the molecule is CN(C)CCOc1cncc(-c2ccc3[nH]nc(-c4cc5c(-c6ccsc6)ccnc5[nH]4)c3c2)c1. The molecule has 174 valence electrons. The summed E-state index contributed by atoms with van der Waals surface area (Å²) in [4.78, 5) is 14.5. The van der Waals surface area contributed by atoms with Crippen molar-refractivity contribution in [2.24, 2.45) is 0 Å². The fourth-order valence-corrected chi connectivity index (χ4v) is 4.88. The van der Waals surface area contributed by atoms with Crippen LogP contribution < -0.4 is 4.74 Å². The molecule has 6 rings (SSSR count). The molecule has 0 saturated carbocycles. The Morgan fingerprint density at radius 1 is 0.971 bits per heavy atom. The Bertz CT molecular complexity index is 1620. The molecular formula is C27H24N6OS. The largest absolute Gasteiger partial charge is 0.491 e. The Kier molecular flexibility index (Phi) is 5.52. The lowest BCUT2D eigenvalue weighted by Gasteiger charge is -2.11. The van der Waals surface area contributed by atoms with Crippen LogP contribution in [0.25, 0.3) is 55.6 Å². The van der Waals surface area contributed by atoms with Crippen LogP contribution in [0.15, 0.2) is 71.8 Å². The van der Waals surface area contributed by atoms with Crippen LogP contribution in [0.3, 0.4) is 0 Å². The van der Waals surface area contributed by atoms with Crippen molar-refractivity contribution in [3.8, 4) is 39.4 Å². The standard InChI is InChI=1S/C27H24N6OS/c1-33(2)8-9-34-20-11-19(14-28-15-20)17-3-4-24-23(12-17)26(32-31-24)25-13-22-21(18-6-10-35-16-18)5-7-29-27(22)30-25/h3-7,10-16H,8-9H2,1-2H3,(H,29,30)(H,31,32). The van der Waals surface area contributed by atoms with Crippen LogP contribution in [-0.2, 0) is 0 Å². The maximum absolute atomic E-state index is 5.89. The van der Waals surface area contributed by atoms with Gasteiger partial charge in [0.2, 0.25) is 0 Å². The van der Waals surface area contributed by atoms with Crippen LogP contribution in [-0.4, -0.2) is 57.3 Å². The number of ether oxygens (including phenoxy) is 1. The maximum Gasteiger partial charge on any atom is 0.138 e. The number of hydrogen-bond acceptors (Lipinski definition) is 6. The molecule has 0 amide bonds. The van der Waals surface area contributed by atoms with Crippen molar-refractivity contribution in [1.82, 2.24) is 30.0 Å². The number of nitrogens with zero attached hydrogens (tertiary/aromatic N) is 4. The smallest absolute Gasteiger partial charge is 0.138 e. The Morgan fingerprint density at radius 3 is 2.77 bits per heavy atom. The number of nitrogens with one attached hydrogen (secondary N) is 2. The number of benzene rings is 1. The summed E-state index contributed by atoms with van der Waals surface area (Å²) in [6.07, 6.45) is 5.46. The summed E-state index contributed by atoms with van der Waals surface area (Å²) < 4.78 is 5.89. The van der Waals surface area contributed by atoms with Crippen molar-refractivity contribution in [2.45, 2.75) is 0 Å². The highest BCUT2D eigenvalue weighted by Gasteiger charge is 2.15. The molecule has 0 atom stereocenters. The average molecular weight is 481 g/mol. The van der Waals surface area contributed by atoms with Crippen LogP contribution >= 0.6 is 11.3 Å². The summed E-state index contributed by atoms with van der Waals surface area (Å²) >= 11 is 1.69. The van der Waals surface area contributed by atoms with Crippen molar-refractivity contribution in [3.63, 3.8) is 0 Å². The summed E-state index contributed by atoms with van der Waals surface area (Å²) in [6.45, 7) is 1.47. The lowest BCUT2D eigenvalue weighted by atomic mass is 10.0. The van der Waals surface area contributed by atoms with Crippen molar-refractivity contribution in [2.75, 3.05) is 27.2 Å². The molecule has 0 saturated heterocycles. The third-order valence-electron chi connectivity index (χ3n) is 6.04. The van der Waals surface area contributed by atoms with Gasteiger partial charge in [-0.3, -0.25) is 10.1 Å². The fraction of sp³-hybridized carbons (Fsp3) is 0.148. The first-order valence-electron chi connectivity index (χ1n) is 11.4. The number of hydrogen-bond donors (Lipinski definition) is 2. The summed E-state index contributed by atoms with van der Waals surface area (Å²) in [7, 11) is 4.06. The maximum atomic E-state index is 5.89. The molecule has 0 unspecified atom stereocenters. The first-order valence-corrected chi connectivity index (χ1v) is 12.3. The fourth-order valence-electron chi connectivity index (χ4n) is 4.22. The van der Waals surface area contributed by atoms with Gasteiger partial charge in [-0.15, -0.1) is 0 Å². The van der Waals surface area contributed by atoms with E-state index in [9.17, 15) is 0 Å². The zero-order chi connectivity index (χ0) is 23.8. The van der Waals surface area contributed by atoms with Crippen molar-refractivity contribution in [1.29, 1.82) is 0 Å². The molecule has 0 radical (unpaired) electrons. The van der Waals surface area contributed by atoms with Gasteiger partial charge >= 0.3 is 0 Å². The van der Waals surface area contributed by atoms with Crippen LogP contribution in [0.2, 0.25) is 0 Å². The van der Waals surface area contributed by atoms with E-state index < -0.39 is 0 Å². The van der Waals surface area contributed by atoms with Crippen LogP contribution in [0.5, 0.6) is 5.75 Å². The van der Waals surface area contributed by atoms with Gasteiger partial charge in [-0.2, -0.15) is 16.4 Å². The zero-order valence-electron chi connectivity index (χ0n) is 19.4. The van der Waals surface area contributed by atoms with E-state index in [-0.39, 0.29) is 0 Å². The highest BCUT2D eigenvalue weighted by molar-refractivity contribution is 7.08. The predicted octanol–water partition coefficient (Wildman–Crippen LogP) is 5.84. The number of fused-ring (bicyclic) bond motifs is 2. The van der Waals surface area contributed by atoms with Crippen molar-refractivity contribution < 1.29 is 4.74 Å². The third-order valence-corrected chi connectivity index (χ3v) is 6.72. The molecule has 8 heteroatoms. The Hall–Kier alpha value is -4.01. The summed E-state index contributed by atoms with van der Waals surface area (Å²) in [5, 5.41) is 14.2. The molecule has 0 bridgehead atoms. The lowest BCUT2D eigenvalue weighted by Crippen LogP contribution is -2.19. The van der Waals surface area contributed by atoms with E-state index in [2.05, 4.69) is 77.2 Å². The second-order valence-electron chi connectivity index (χ2n) is 8.71. The number of rotatable bonds is 7. The first-order chi connectivity index (χ1) is 17.2. The zero-order valence-corrected chi connectivity index (χ0v) is 20.3. The van der Waals surface area contributed by atoms with Gasteiger partial charge in [-0.1, -0.05) is 6.07 Å². The van der Waals surface area contributed by atoms with Gasteiger partial charge in [-0.25, -0.2) is 4.98 Å². The predicted molar refractivity (Wildman–Crippen MR) is 142 cm³/mol. The van der Waals surface area contributed by atoms with E-state index in [0.29, 0.717) is 6.61 Å². The van der Waals surface area contributed by atoms with Gasteiger partial charge in [0.15, 0.2) is 0 Å². The minimum absolute atomic E-state index is 0.616. The molecule has 0 aliphatic carbocycles. The topological polar surface area (TPSA) is 82.7 Å². The van der Waals surface area contributed by atoms with Gasteiger partial charge in [0.05, 0.1) is 17.4 Å². The monoisotopic (exact) mass is 480 g/mol. The second-order valence-corrected chi connectivity index (χ2v) is 9.49. The second kappa shape index (κ2) is 8.98. The Labute approximate surface area is 206 Å². The van der Waals surface area contributed by atoms with Crippen LogP contribution in [0.4, 0.5) is 0 Å². The molecule has 1 aromatic carbocycles. The summed E-state index contributed by atoms with van der Waals surface area (Å²) in [5.41, 5.74) is 8.03. The van der Waals surface area contributed by atoms with Gasteiger partial charge in [0.25, 0.3) is 0 Å². The van der Waals surface area contributed by atoms with Gasteiger partial charge in [0, 0.05) is 35.3 Å². The normalized spacial score (nSPS) is 11.6. The molecule has 5 heterocycles.